The number of ketones is 1. The summed E-state index contributed by atoms with van der Waals surface area (Å²) in [5, 5.41) is 13.2. The number of aryl methyl sites for hydroxylation is 1. The van der Waals surface area contributed by atoms with Crippen LogP contribution in [0.15, 0.2) is 42.5 Å². The van der Waals surface area contributed by atoms with Crippen molar-refractivity contribution in [2.24, 2.45) is 0 Å². The maximum atomic E-state index is 13.6. The van der Waals surface area contributed by atoms with Gasteiger partial charge in [0.2, 0.25) is 0 Å². The summed E-state index contributed by atoms with van der Waals surface area (Å²) in [6.07, 6.45) is -0.856. The molecule has 0 spiro atoms. The minimum Gasteiger partial charge on any atom is -0.481 e. The van der Waals surface area contributed by atoms with Crippen LogP contribution in [0.1, 0.15) is 12.0 Å². The lowest BCUT2D eigenvalue weighted by atomic mass is 10.1. The number of carboxylic acids is 1. The molecule has 0 radical (unpaired) electrons. The van der Waals surface area contributed by atoms with Gasteiger partial charge in [-0.1, -0.05) is 23.8 Å². The second kappa shape index (κ2) is 10.1. The smallest absolute Gasteiger partial charge is 0.313 e. The Hall–Kier alpha value is -3.82. The quantitative estimate of drug-likeness (QED) is 0.560. The monoisotopic (exact) mass is 420 g/mol. The van der Waals surface area contributed by atoms with E-state index in [9.17, 15) is 28.0 Å². The molecule has 0 aliphatic heterocycles. The number of anilines is 1. The first-order valence-corrected chi connectivity index (χ1v) is 8.67. The molecular formula is C20H18F2N2O6. The third-order valence-corrected chi connectivity index (χ3v) is 3.87. The van der Waals surface area contributed by atoms with Crippen molar-refractivity contribution in [2.45, 2.75) is 19.4 Å². The third kappa shape index (κ3) is 6.36. The lowest BCUT2D eigenvalue weighted by Crippen LogP contribution is -2.48. The van der Waals surface area contributed by atoms with Crippen molar-refractivity contribution >= 4 is 29.3 Å². The number of hydrogen-bond donors (Lipinski definition) is 3. The minimum atomic E-state index is -1.64. The zero-order valence-corrected chi connectivity index (χ0v) is 15.8. The summed E-state index contributed by atoms with van der Waals surface area (Å²) in [5.41, 5.74) is 1.25. The normalized spacial score (nSPS) is 11.3. The third-order valence-electron chi connectivity index (χ3n) is 3.87. The van der Waals surface area contributed by atoms with E-state index >= 15 is 0 Å². The molecule has 0 saturated heterocycles. The molecule has 8 nitrogen and oxygen atoms in total. The molecule has 158 valence electrons. The predicted octanol–water partition coefficient (Wildman–Crippen LogP) is 1.82. The topological polar surface area (TPSA) is 122 Å². The van der Waals surface area contributed by atoms with Crippen LogP contribution in [0.5, 0.6) is 5.75 Å². The predicted molar refractivity (Wildman–Crippen MR) is 101 cm³/mol. The number of halogens is 2. The molecule has 3 N–H and O–H groups in total. The summed E-state index contributed by atoms with van der Waals surface area (Å²) in [4.78, 5) is 47.3. The number of para-hydroxylation sites is 1. The number of carbonyl (C=O) groups excluding carboxylic acids is 3. The standard InChI is InChI=1S/C20H18F2N2O6/c1-11-5-7-12(8-6-11)23-19(28)20(29)24-15(9-17(26)27)16(25)10-30-18-13(21)3-2-4-14(18)22/h2-8,15H,9-10H2,1H3,(H,23,28)(H,24,29)(H,26,27)/t15-/m0/s1. The van der Waals surface area contributed by atoms with Crippen LogP contribution in [0, 0.1) is 18.6 Å². The summed E-state index contributed by atoms with van der Waals surface area (Å²) in [7, 11) is 0. The molecule has 0 aliphatic carbocycles. The van der Waals surface area contributed by atoms with Gasteiger partial charge in [0, 0.05) is 5.69 Å². The molecule has 10 heteroatoms. The van der Waals surface area contributed by atoms with Gasteiger partial charge in [-0.2, -0.15) is 0 Å². The van der Waals surface area contributed by atoms with Gasteiger partial charge in [-0.05, 0) is 31.2 Å². The highest BCUT2D eigenvalue weighted by atomic mass is 19.1. The van der Waals surface area contributed by atoms with E-state index in [1.165, 1.54) is 0 Å². The Balaban J connectivity index is 2.02. The van der Waals surface area contributed by atoms with E-state index in [1.54, 1.807) is 24.3 Å². The van der Waals surface area contributed by atoms with Crippen molar-refractivity contribution in [3.63, 3.8) is 0 Å². The van der Waals surface area contributed by atoms with Crippen molar-refractivity contribution in [2.75, 3.05) is 11.9 Å². The van der Waals surface area contributed by atoms with Gasteiger partial charge in [-0.15, -0.1) is 0 Å². The van der Waals surface area contributed by atoms with E-state index in [4.69, 9.17) is 9.84 Å². The van der Waals surface area contributed by atoms with Crippen LogP contribution in [0.2, 0.25) is 0 Å². The summed E-state index contributed by atoms with van der Waals surface area (Å²) < 4.78 is 31.9. The molecule has 0 aromatic heterocycles. The van der Waals surface area contributed by atoms with Gasteiger partial charge in [0.05, 0.1) is 6.42 Å². The maximum absolute atomic E-state index is 13.6. The summed E-state index contributed by atoms with van der Waals surface area (Å²) >= 11 is 0. The number of carboxylic acid groups (broad SMARTS) is 1. The molecule has 2 aromatic carbocycles. The Morgan fingerprint density at radius 3 is 2.17 bits per heavy atom. The minimum absolute atomic E-state index is 0.320. The lowest BCUT2D eigenvalue weighted by Gasteiger charge is -2.16. The maximum Gasteiger partial charge on any atom is 0.313 e. The number of amides is 2. The SMILES string of the molecule is Cc1ccc(NC(=O)C(=O)N[C@@H](CC(=O)O)C(=O)COc2c(F)cccc2F)cc1. The van der Waals surface area contributed by atoms with E-state index in [-0.39, 0.29) is 0 Å². The van der Waals surface area contributed by atoms with Crippen molar-refractivity contribution in [3.05, 3.63) is 59.7 Å². The molecule has 0 unspecified atom stereocenters. The number of aliphatic carboxylic acids is 1. The first-order valence-electron chi connectivity index (χ1n) is 8.67. The summed E-state index contributed by atoms with van der Waals surface area (Å²) in [6, 6.07) is 7.78. The molecule has 2 rings (SSSR count). The molecule has 2 aromatic rings. The molecule has 0 saturated carbocycles. The molecule has 0 fully saturated rings. The Morgan fingerprint density at radius 1 is 1.00 bits per heavy atom. The number of hydrogen-bond acceptors (Lipinski definition) is 5. The number of benzene rings is 2. The first-order chi connectivity index (χ1) is 14.2. The number of carbonyl (C=O) groups is 4. The largest absolute Gasteiger partial charge is 0.481 e. The van der Waals surface area contributed by atoms with Gasteiger partial charge >= 0.3 is 17.8 Å². The Morgan fingerprint density at radius 2 is 1.60 bits per heavy atom. The molecule has 0 heterocycles. The van der Waals surface area contributed by atoms with Gasteiger partial charge < -0.3 is 20.5 Å². The van der Waals surface area contributed by atoms with Crippen LogP contribution in [-0.4, -0.2) is 41.3 Å². The average molecular weight is 420 g/mol. The van der Waals surface area contributed by atoms with Crippen molar-refractivity contribution in [3.8, 4) is 5.75 Å². The zero-order valence-electron chi connectivity index (χ0n) is 15.8. The summed E-state index contributed by atoms with van der Waals surface area (Å²) in [5.74, 6) is -7.74. The zero-order chi connectivity index (χ0) is 22.3. The first kappa shape index (κ1) is 22.5. The van der Waals surface area contributed by atoms with Crippen LogP contribution < -0.4 is 15.4 Å². The summed E-state index contributed by atoms with van der Waals surface area (Å²) in [6.45, 7) is 0.908. The van der Waals surface area contributed by atoms with Crippen molar-refractivity contribution < 1.29 is 37.8 Å². The fourth-order valence-electron chi connectivity index (χ4n) is 2.33. The van der Waals surface area contributed by atoms with Gasteiger partial charge in [-0.3, -0.25) is 19.2 Å². The Labute approximate surface area is 169 Å². The number of ether oxygens (including phenoxy) is 1. The Bertz CT molecular complexity index is 942. The lowest BCUT2D eigenvalue weighted by molar-refractivity contribution is -0.142. The van der Waals surface area contributed by atoms with Gasteiger partial charge in [-0.25, -0.2) is 8.78 Å². The van der Waals surface area contributed by atoms with Crippen molar-refractivity contribution in [1.82, 2.24) is 5.32 Å². The molecule has 1 atom stereocenters. The van der Waals surface area contributed by atoms with E-state index in [2.05, 4.69) is 5.32 Å². The highest BCUT2D eigenvalue weighted by Crippen LogP contribution is 2.20. The van der Waals surface area contributed by atoms with Crippen molar-refractivity contribution in [1.29, 1.82) is 0 Å². The fourth-order valence-corrected chi connectivity index (χ4v) is 2.33. The van der Waals surface area contributed by atoms with Crippen LogP contribution in [-0.2, 0) is 19.2 Å². The van der Waals surface area contributed by atoms with Gasteiger partial charge in [0.25, 0.3) is 0 Å². The second-order valence-corrected chi connectivity index (χ2v) is 6.25. The molecule has 30 heavy (non-hydrogen) atoms. The van der Waals surface area contributed by atoms with Crippen LogP contribution in [0.4, 0.5) is 14.5 Å². The van der Waals surface area contributed by atoms with E-state index < -0.39 is 60.0 Å². The highest BCUT2D eigenvalue weighted by molar-refractivity contribution is 6.40. The van der Waals surface area contributed by atoms with Crippen LogP contribution in [0.3, 0.4) is 0 Å². The van der Waals surface area contributed by atoms with E-state index in [0.29, 0.717) is 5.69 Å². The van der Waals surface area contributed by atoms with Gasteiger partial charge in [0.15, 0.2) is 23.2 Å². The molecular weight excluding hydrogens is 402 g/mol. The molecule has 0 aliphatic rings. The van der Waals surface area contributed by atoms with E-state index in [0.717, 1.165) is 23.8 Å². The molecule has 2 amide bonds. The Kier molecular flexibility index (Phi) is 7.56. The van der Waals surface area contributed by atoms with Crippen LogP contribution in [0.25, 0.3) is 0 Å². The number of rotatable bonds is 8. The highest BCUT2D eigenvalue weighted by Gasteiger charge is 2.27. The molecule has 0 bridgehead atoms. The second-order valence-electron chi connectivity index (χ2n) is 6.25. The van der Waals surface area contributed by atoms with Gasteiger partial charge in [0.1, 0.15) is 12.6 Å². The van der Waals surface area contributed by atoms with Crippen LogP contribution >= 0.6 is 0 Å². The number of nitrogens with one attached hydrogen (secondary N) is 2. The average Bonchev–Trinajstić information content (AvgIpc) is 2.68. The fraction of sp³-hybridized carbons (Fsp3) is 0.200. The number of Topliss-reactive ketones (excluding diaryl/α,β-unsaturated/α-hetero) is 1. The van der Waals surface area contributed by atoms with E-state index in [1.807, 2.05) is 12.2 Å².